The van der Waals surface area contributed by atoms with Crippen molar-refractivity contribution in [3.8, 4) is 0 Å². The summed E-state index contributed by atoms with van der Waals surface area (Å²) >= 11 is 0. The number of aryl methyl sites for hydroxylation is 1. The van der Waals surface area contributed by atoms with Gasteiger partial charge in [0.1, 0.15) is 5.78 Å². The molecule has 0 radical (unpaired) electrons. The lowest BCUT2D eigenvalue weighted by atomic mass is 10.2. The molecule has 0 saturated carbocycles. The van der Waals surface area contributed by atoms with Crippen molar-refractivity contribution in [1.29, 1.82) is 0 Å². The standard InChI is InChI=1S/C7H7ClO2S.C3H6O/c1-6-2-4-7(5-3-6)11(8,9)10;1-3(2)4/h2-5H,1H3;1-2H3. The van der Waals surface area contributed by atoms with Gasteiger partial charge in [-0.05, 0) is 32.9 Å². The van der Waals surface area contributed by atoms with Crippen LogP contribution in [0.15, 0.2) is 29.2 Å². The van der Waals surface area contributed by atoms with E-state index in [4.69, 9.17) is 10.7 Å². The van der Waals surface area contributed by atoms with Crippen molar-refractivity contribution in [1.82, 2.24) is 0 Å². The molecule has 0 aromatic heterocycles. The second kappa shape index (κ2) is 5.88. The van der Waals surface area contributed by atoms with Crippen LogP contribution in [0, 0.1) is 6.92 Å². The van der Waals surface area contributed by atoms with Crippen molar-refractivity contribution in [2.75, 3.05) is 0 Å². The Kier molecular flexibility index (Phi) is 5.54. The Hall–Kier alpha value is -0.870. The van der Waals surface area contributed by atoms with E-state index in [0.29, 0.717) is 0 Å². The number of benzene rings is 1. The maximum atomic E-state index is 10.7. The first-order chi connectivity index (χ1) is 6.73. The molecule has 0 spiro atoms. The van der Waals surface area contributed by atoms with Crippen LogP contribution in [0.4, 0.5) is 0 Å². The highest BCUT2D eigenvalue weighted by atomic mass is 35.7. The summed E-state index contributed by atoms with van der Waals surface area (Å²) in [4.78, 5) is 9.59. The number of ketones is 1. The van der Waals surface area contributed by atoms with Crippen molar-refractivity contribution >= 4 is 25.5 Å². The summed E-state index contributed by atoms with van der Waals surface area (Å²) in [5, 5.41) is 0. The zero-order valence-corrected chi connectivity index (χ0v) is 10.4. The van der Waals surface area contributed by atoms with Crippen LogP contribution >= 0.6 is 10.7 Å². The molecule has 0 fully saturated rings. The Morgan fingerprint density at radius 2 is 1.47 bits per heavy atom. The van der Waals surface area contributed by atoms with Gasteiger partial charge in [-0.3, -0.25) is 0 Å². The second-order valence-electron chi connectivity index (χ2n) is 3.16. The van der Waals surface area contributed by atoms with Crippen molar-refractivity contribution in [3.63, 3.8) is 0 Å². The molecular weight excluding hydrogens is 236 g/mol. The molecular formula is C10H13ClO3S. The average Bonchev–Trinajstić information content (AvgIpc) is 2.01. The van der Waals surface area contributed by atoms with Gasteiger partial charge in [0.05, 0.1) is 4.90 Å². The van der Waals surface area contributed by atoms with Gasteiger partial charge in [-0.1, -0.05) is 17.7 Å². The van der Waals surface area contributed by atoms with Crippen molar-refractivity contribution < 1.29 is 13.2 Å². The van der Waals surface area contributed by atoms with E-state index >= 15 is 0 Å². The highest BCUT2D eigenvalue weighted by Crippen LogP contribution is 2.14. The van der Waals surface area contributed by atoms with E-state index in [0.717, 1.165) is 5.56 Å². The highest BCUT2D eigenvalue weighted by Gasteiger charge is 2.07. The molecule has 0 amide bonds. The minimum atomic E-state index is -3.55. The third-order valence-corrected chi connectivity index (χ3v) is 2.67. The zero-order valence-electron chi connectivity index (χ0n) is 8.82. The van der Waals surface area contributed by atoms with Gasteiger partial charge in [0.25, 0.3) is 9.05 Å². The van der Waals surface area contributed by atoms with Gasteiger partial charge in [-0.15, -0.1) is 0 Å². The lowest BCUT2D eigenvalue weighted by molar-refractivity contribution is -0.114. The monoisotopic (exact) mass is 248 g/mol. The SMILES string of the molecule is CC(C)=O.Cc1ccc(S(=O)(=O)Cl)cc1. The molecule has 15 heavy (non-hydrogen) atoms. The summed E-state index contributed by atoms with van der Waals surface area (Å²) in [6.07, 6.45) is 0. The predicted molar refractivity (Wildman–Crippen MR) is 60.6 cm³/mol. The Balaban J connectivity index is 0.000000423. The van der Waals surface area contributed by atoms with Gasteiger partial charge >= 0.3 is 0 Å². The normalized spacial score (nSPS) is 10.1. The molecule has 0 bridgehead atoms. The summed E-state index contributed by atoms with van der Waals surface area (Å²) in [7, 11) is 1.54. The molecule has 0 N–H and O–H groups in total. The predicted octanol–water partition coefficient (Wildman–Crippen LogP) is 2.52. The lowest BCUT2D eigenvalue weighted by Crippen LogP contribution is -1.89. The maximum Gasteiger partial charge on any atom is 0.261 e. The first-order valence-corrected chi connectivity index (χ1v) is 6.53. The molecule has 1 rings (SSSR count). The van der Waals surface area contributed by atoms with Crippen LogP contribution in [0.5, 0.6) is 0 Å². The van der Waals surface area contributed by atoms with Crippen LogP contribution in [0.3, 0.4) is 0 Å². The molecule has 0 aliphatic heterocycles. The largest absolute Gasteiger partial charge is 0.300 e. The van der Waals surface area contributed by atoms with Crippen LogP contribution in [0.1, 0.15) is 19.4 Å². The number of carbonyl (C=O) groups excluding carboxylic acids is 1. The fourth-order valence-corrected chi connectivity index (χ4v) is 1.47. The van der Waals surface area contributed by atoms with Gasteiger partial charge in [0, 0.05) is 10.7 Å². The number of rotatable bonds is 1. The highest BCUT2D eigenvalue weighted by molar-refractivity contribution is 8.13. The minimum Gasteiger partial charge on any atom is -0.300 e. The Labute approximate surface area is 94.5 Å². The first-order valence-electron chi connectivity index (χ1n) is 4.22. The number of carbonyl (C=O) groups is 1. The van der Waals surface area contributed by atoms with E-state index in [-0.39, 0.29) is 10.7 Å². The van der Waals surface area contributed by atoms with Gasteiger partial charge in [-0.2, -0.15) is 0 Å². The van der Waals surface area contributed by atoms with Crippen LogP contribution in [0.2, 0.25) is 0 Å². The first kappa shape index (κ1) is 14.1. The molecule has 0 aliphatic rings. The third kappa shape index (κ3) is 7.11. The van der Waals surface area contributed by atoms with Crippen LogP contribution in [0.25, 0.3) is 0 Å². The van der Waals surface area contributed by atoms with Gasteiger partial charge < -0.3 is 4.79 Å². The van der Waals surface area contributed by atoms with Crippen molar-refractivity contribution in [3.05, 3.63) is 29.8 Å². The molecule has 1 aromatic carbocycles. The lowest BCUT2D eigenvalue weighted by Gasteiger charge is -1.94. The van der Waals surface area contributed by atoms with Crippen molar-refractivity contribution in [2.45, 2.75) is 25.7 Å². The smallest absolute Gasteiger partial charge is 0.261 e. The van der Waals surface area contributed by atoms with Crippen molar-refractivity contribution in [2.24, 2.45) is 0 Å². The summed E-state index contributed by atoms with van der Waals surface area (Å²) in [5.74, 6) is 0.167. The molecule has 0 saturated heterocycles. The van der Waals surface area contributed by atoms with Crippen LogP contribution in [-0.4, -0.2) is 14.2 Å². The molecule has 0 heterocycles. The van der Waals surface area contributed by atoms with E-state index in [2.05, 4.69) is 0 Å². The summed E-state index contributed by atoms with van der Waals surface area (Å²) in [5.41, 5.74) is 1.01. The molecule has 5 heteroatoms. The molecule has 3 nitrogen and oxygen atoms in total. The topological polar surface area (TPSA) is 51.2 Å². The molecule has 0 atom stereocenters. The van der Waals surface area contributed by atoms with Gasteiger partial charge in [0.2, 0.25) is 0 Å². The number of Topliss-reactive ketones (excluding diaryl/α,β-unsaturated/α-hetero) is 1. The summed E-state index contributed by atoms with van der Waals surface area (Å²) in [6.45, 7) is 4.94. The number of halogens is 1. The molecule has 0 unspecified atom stereocenters. The molecule has 84 valence electrons. The Morgan fingerprint density at radius 1 is 1.13 bits per heavy atom. The zero-order chi connectivity index (χ0) is 12.1. The van der Waals surface area contributed by atoms with E-state index in [9.17, 15) is 13.2 Å². The van der Waals surface area contributed by atoms with Crippen LogP contribution in [-0.2, 0) is 13.8 Å². The third-order valence-electron chi connectivity index (χ3n) is 1.30. The quantitative estimate of drug-likeness (QED) is 0.718. The molecule has 1 aromatic rings. The summed E-state index contributed by atoms with van der Waals surface area (Å²) < 4.78 is 21.4. The second-order valence-corrected chi connectivity index (χ2v) is 5.73. The number of hydrogen-bond donors (Lipinski definition) is 0. The van der Waals surface area contributed by atoms with Gasteiger partial charge in [-0.25, -0.2) is 8.42 Å². The summed E-state index contributed by atoms with van der Waals surface area (Å²) in [6, 6.07) is 6.37. The molecule has 0 aliphatic carbocycles. The minimum absolute atomic E-state index is 0.143. The van der Waals surface area contributed by atoms with Crippen LogP contribution < -0.4 is 0 Å². The maximum absolute atomic E-state index is 10.7. The fraction of sp³-hybridized carbons (Fsp3) is 0.300. The Bertz CT molecular complexity index is 416. The fourth-order valence-electron chi connectivity index (χ4n) is 0.701. The van der Waals surface area contributed by atoms with E-state index in [1.807, 2.05) is 6.92 Å². The average molecular weight is 249 g/mol. The Morgan fingerprint density at radius 3 is 1.73 bits per heavy atom. The van der Waals surface area contributed by atoms with E-state index in [1.54, 1.807) is 12.1 Å². The number of hydrogen-bond acceptors (Lipinski definition) is 3. The van der Waals surface area contributed by atoms with E-state index < -0.39 is 9.05 Å². The van der Waals surface area contributed by atoms with E-state index in [1.165, 1.54) is 26.0 Å². The van der Waals surface area contributed by atoms with Gasteiger partial charge in [0.15, 0.2) is 0 Å².